The predicted molar refractivity (Wildman–Crippen MR) is 134 cm³/mol. The van der Waals surface area contributed by atoms with Gasteiger partial charge in [0.1, 0.15) is 5.75 Å². The van der Waals surface area contributed by atoms with Gasteiger partial charge in [0, 0.05) is 17.3 Å². The number of carbonyl (C=O) groups excluding carboxylic acids is 3. The number of esters is 1. The molecule has 36 heavy (non-hydrogen) atoms. The molecule has 0 saturated carbocycles. The van der Waals surface area contributed by atoms with E-state index in [1.807, 2.05) is 25.5 Å². The number of primary amides is 1. The largest absolute Gasteiger partial charge is 0.477 e. The molecule has 9 heteroatoms. The van der Waals surface area contributed by atoms with E-state index in [0.29, 0.717) is 18.0 Å². The van der Waals surface area contributed by atoms with Crippen LogP contribution in [-0.2, 0) is 25.7 Å². The Balaban J connectivity index is 1.39. The minimum atomic E-state index is -0.984. The molecule has 0 radical (unpaired) electrons. The number of hydrogen-bond acceptors (Lipinski definition) is 6. The number of fused-ring (bicyclic) bond motifs is 1. The molecule has 0 fully saturated rings. The van der Waals surface area contributed by atoms with Crippen molar-refractivity contribution < 1.29 is 23.9 Å². The lowest BCUT2D eigenvalue weighted by atomic mass is 10.1. The Morgan fingerprint density at radius 3 is 2.56 bits per heavy atom. The highest BCUT2D eigenvalue weighted by Gasteiger charge is 2.32. The smallest absolute Gasteiger partial charge is 0.331 e. The average Bonchev–Trinajstić information content (AvgIpc) is 3.13. The van der Waals surface area contributed by atoms with Gasteiger partial charge in [-0.2, -0.15) is 5.10 Å². The molecule has 2 aromatic carbocycles. The van der Waals surface area contributed by atoms with Crippen LogP contribution in [0, 0.1) is 20.8 Å². The molecule has 1 atom stereocenters. The van der Waals surface area contributed by atoms with Gasteiger partial charge in [0.05, 0.1) is 24.5 Å². The molecule has 4 rings (SSSR count). The van der Waals surface area contributed by atoms with E-state index in [1.165, 1.54) is 16.5 Å². The number of amides is 2. The fourth-order valence-electron chi connectivity index (χ4n) is 4.00. The van der Waals surface area contributed by atoms with Crippen LogP contribution in [-0.4, -0.2) is 46.8 Å². The molecular formula is C27H28N4O5. The Morgan fingerprint density at radius 1 is 1.11 bits per heavy atom. The van der Waals surface area contributed by atoms with E-state index >= 15 is 0 Å². The van der Waals surface area contributed by atoms with Gasteiger partial charge in [-0.3, -0.25) is 14.3 Å². The molecule has 186 valence electrons. The first-order chi connectivity index (χ1) is 17.2. The summed E-state index contributed by atoms with van der Waals surface area (Å²) in [5.74, 6) is -1.48. The average molecular weight is 489 g/mol. The van der Waals surface area contributed by atoms with Crippen LogP contribution in [0.4, 0.5) is 5.69 Å². The third kappa shape index (κ3) is 5.46. The molecule has 0 aliphatic carbocycles. The van der Waals surface area contributed by atoms with Gasteiger partial charge in [0.15, 0.2) is 12.7 Å². The maximum Gasteiger partial charge on any atom is 0.331 e. The second-order valence-electron chi connectivity index (χ2n) is 8.65. The highest BCUT2D eigenvalue weighted by atomic mass is 16.5. The number of rotatable bonds is 7. The topological polar surface area (TPSA) is 117 Å². The lowest BCUT2D eigenvalue weighted by Crippen LogP contribution is -2.50. The van der Waals surface area contributed by atoms with E-state index in [2.05, 4.69) is 29.4 Å². The fourth-order valence-corrected chi connectivity index (χ4v) is 4.00. The number of aromatic nitrogens is 2. The van der Waals surface area contributed by atoms with E-state index in [-0.39, 0.29) is 6.54 Å². The van der Waals surface area contributed by atoms with E-state index in [0.717, 1.165) is 22.5 Å². The molecule has 1 aromatic heterocycles. The summed E-state index contributed by atoms with van der Waals surface area (Å²) >= 11 is 0. The summed E-state index contributed by atoms with van der Waals surface area (Å²) in [7, 11) is 0. The highest BCUT2D eigenvalue weighted by molar-refractivity contribution is 5.99. The number of para-hydroxylation sites is 2. The number of anilines is 1. The first kappa shape index (κ1) is 24.7. The number of hydrogen-bond donors (Lipinski definition) is 1. The second-order valence-corrected chi connectivity index (χ2v) is 8.65. The van der Waals surface area contributed by atoms with Crippen molar-refractivity contribution in [2.45, 2.75) is 33.4 Å². The molecule has 2 N–H and O–H groups in total. The molecule has 2 amide bonds. The Morgan fingerprint density at radius 2 is 1.83 bits per heavy atom. The van der Waals surface area contributed by atoms with Crippen LogP contribution >= 0.6 is 0 Å². The summed E-state index contributed by atoms with van der Waals surface area (Å²) in [6.45, 7) is 5.92. The van der Waals surface area contributed by atoms with Gasteiger partial charge in [-0.05, 0) is 44.5 Å². The van der Waals surface area contributed by atoms with Gasteiger partial charge >= 0.3 is 5.97 Å². The van der Waals surface area contributed by atoms with Crippen LogP contribution in [0.2, 0.25) is 0 Å². The standard InChI is InChI=1S/C27H28N4O5/c1-17-8-10-20(11-9-17)14-31-19(3)21(18(2)29-31)12-13-26(33)35-16-25(32)30-15-24(27(28)34)36-23-7-5-4-6-22(23)30/h4-13,24H,14-16H2,1-3H3,(H2,28,34). The third-order valence-electron chi connectivity index (χ3n) is 6.01. The van der Waals surface area contributed by atoms with Gasteiger partial charge in [-0.25, -0.2) is 4.79 Å². The first-order valence-electron chi connectivity index (χ1n) is 11.5. The molecule has 3 aromatic rings. The Bertz CT molecular complexity index is 1330. The summed E-state index contributed by atoms with van der Waals surface area (Å²) in [5, 5.41) is 4.59. The van der Waals surface area contributed by atoms with Crippen LogP contribution in [0.25, 0.3) is 6.08 Å². The van der Waals surface area contributed by atoms with Gasteiger partial charge in [0.2, 0.25) is 0 Å². The number of nitrogens with zero attached hydrogens (tertiary/aromatic N) is 3. The molecule has 2 heterocycles. The van der Waals surface area contributed by atoms with Crippen LogP contribution in [0.3, 0.4) is 0 Å². The van der Waals surface area contributed by atoms with Crippen molar-refractivity contribution in [2.75, 3.05) is 18.1 Å². The van der Waals surface area contributed by atoms with Gasteiger partial charge < -0.3 is 20.1 Å². The fraction of sp³-hybridized carbons (Fsp3) is 0.259. The number of nitrogens with two attached hydrogens (primary N) is 1. The van der Waals surface area contributed by atoms with E-state index in [9.17, 15) is 14.4 Å². The Kier molecular flexibility index (Phi) is 7.19. The van der Waals surface area contributed by atoms with Gasteiger partial charge in [-0.1, -0.05) is 42.0 Å². The molecule has 1 aliphatic rings. The number of aryl methyl sites for hydroxylation is 2. The third-order valence-corrected chi connectivity index (χ3v) is 6.01. The zero-order chi connectivity index (χ0) is 25.8. The van der Waals surface area contributed by atoms with Crippen molar-refractivity contribution in [3.63, 3.8) is 0 Å². The monoisotopic (exact) mass is 488 g/mol. The predicted octanol–water partition coefficient (Wildman–Crippen LogP) is 2.69. The van der Waals surface area contributed by atoms with Crippen LogP contribution in [0.15, 0.2) is 54.6 Å². The zero-order valence-corrected chi connectivity index (χ0v) is 20.4. The van der Waals surface area contributed by atoms with Crippen LogP contribution in [0.5, 0.6) is 5.75 Å². The maximum atomic E-state index is 12.8. The molecule has 0 saturated heterocycles. The molecule has 1 aliphatic heterocycles. The van der Waals surface area contributed by atoms with Crippen molar-refractivity contribution in [3.8, 4) is 5.75 Å². The minimum absolute atomic E-state index is 0.0584. The number of carbonyl (C=O) groups is 3. The van der Waals surface area contributed by atoms with Crippen LogP contribution in [0.1, 0.15) is 28.1 Å². The number of ether oxygens (including phenoxy) is 2. The van der Waals surface area contributed by atoms with Crippen molar-refractivity contribution in [3.05, 3.63) is 82.7 Å². The Labute approximate surface area is 209 Å². The molecular weight excluding hydrogens is 460 g/mol. The summed E-state index contributed by atoms with van der Waals surface area (Å²) < 4.78 is 12.6. The minimum Gasteiger partial charge on any atom is -0.477 e. The van der Waals surface area contributed by atoms with Crippen LogP contribution < -0.4 is 15.4 Å². The highest BCUT2D eigenvalue weighted by Crippen LogP contribution is 2.33. The van der Waals surface area contributed by atoms with Crippen molar-refractivity contribution in [1.82, 2.24) is 9.78 Å². The van der Waals surface area contributed by atoms with E-state index < -0.39 is 30.5 Å². The zero-order valence-electron chi connectivity index (χ0n) is 20.4. The summed E-state index contributed by atoms with van der Waals surface area (Å²) in [6, 6.07) is 15.0. The van der Waals surface area contributed by atoms with E-state index in [4.69, 9.17) is 15.2 Å². The lowest BCUT2D eigenvalue weighted by molar-refractivity contribution is -0.143. The number of benzene rings is 2. The van der Waals surface area contributed by atoms with E-state index in [1.54, 1.807) is 30.3 Å². The summed E-state index contributed by atoms with van der Waals surface area (Å²) in [5.41, 5.74) is 10.7. The lowest BCUT2D eigenvalue weighted by Gasteiger charge is -2.33. The van der Waals surface area contributed by atoms with Crippen molar-refractivity contribution >= 4 is 29.5 Å². The SMILES string of the molecule is Cc1ccc(Cn2nc(C)c(C=CC(=O)OCC(=O)N3CC(C(N)=O)Oc4ccccc43)c2C)cc1. The molecule has 0 spiro atoms. The summed E-state index contributed by atoms with van der Waals surface area (Å²) in [4.78, 5) is 38.2. The van der Waals surface area contributed by atoms with Crippen molar-refractivity contribution in [1.29, 1.82) is 0 Å². The maximum absolute atomic E-state index is 12.8. The quantitative estimate of drug-likeness (QED) is 0.404. The van der Waals surface area contributed by atoms with Gasteiger partial charge in [-0.15, -0.1) is 0 Å². The normalized spacial score (nSPS) is 14.9. The summed E-state index contributed by atoms with van der Waals surface area (Å²) in [6.07, 6.45) is 1.94. The Hall–Kier alpha value is -4.40. The van der Waals surface area contributed by atoms with Crippen molar-refractivity contribution in [2.24, 2.45) is 5.73 Å². The second kappa shape index (κ2) is 10.5. The molecule has 1 unspecified atom stereocenters. The molecule has 9 nitrogen and oxygen atoms in total. The first-order valence-corrected chi connectivity index (χ1v) is 11.5. The molecule has 0 bridgehead atoms. The van der Waals surface area contributed by atoms with Gasteiger partial charge in [0.25, 0.3) is 11.8 Å².